The third kappa shape index (κ3) is 3.78. The van der Waals surface area contributed by atoms with E-state index in [1.807, 2.05) is 25.1 Å². The van der Waals surface area contributed by atoms with Crippen molar-refractivity contribution < 1.29 is 4.79 Å². The zero-order valence-corrected chi connectivity index (χ0v) is 14.5. The monoisotopic (exact) mass is 329 g/mol. The number of imidazole rings is 1. The number of nitrogens with zero attached hydrogens (tertiary/aromatic N) is 2. The second kappa shape index (κ2) is 7.21. The number of carbonyl (C=O) groups is 1. The number of benzene rings is 1. The Labute approximate surface area is 141 Å². The van der Waals surface area contributed by atoms with Crippen LogP contribution in [0.1, 0.15) is 37.1 Å². The molecular formula is C18H23N3OS. The van der Waals surface area contributed by atoms with Gasteiger partial charge in [-0.15, -0.1) is 0 Å². The highest BCUT2D eigenvalue weighted by Gasteiger charge is 2.18. The quantitative estimate of drug-likeness (QED) is 0.852. The van der Waals surface area contributed by atoms with Crippen molar-refractivity contribution in [2.45, 2.75) is 50.7 Å². The van der Waals surface area contributed by atoms with E-state index < -0.39 is 0 Å². The number of thioether (sulfide) groups is 1. The van der Waals surface area contributed by atoms with Crippen molar-refractivity contribution in [3.63, 3.8) is 0 Å². The maximum atomic E-state index is 12.1. The highest BCUT2D eigenvalue weighted by atomic mass is 32.2. The molecule has 5 heteroatoms. The van der Waals surface area contributed by atoms with E-state index in [1.54, 1.807) is 0 Å². The van der Waals surface area contributed by atoms with Gasteiger partial charge in [0.15, 0.2) is 5.16 Å². The maximum Gasteiger partial charge on any atom is 0.230 e. The number of hydrogen-bond donors (Lipinski definition) is 1. The van der Waals surface area contributed by atoms with Crippen LogP contribution >= 0.6 is 11.8 Å². The largest absolute Gasteiger partial charge is 0.353 e. The summed E-state index contributed by atoms with van der Waals surface area (Å²) < 4.78 is 2.13. The smallest absolute Gasteiger partial charge is 0.230 e. The van der Waals surface area contributed by atoms with Crippen LogP contribution in [-0.2, 0) is 4.79 Å². The summed E-state index contributed by atoms with van der Waals surface area (Å²) >= 11 is 1.51. The molecule has 3 rings (SSSR count). The first-order valence-electron chi connectivity index (χ1n) is 8.18. The molecule has 0 spiro atoms. The van der Waals surface area contributed by atoms with Crippen molar-refractivity contribution in [3.8, 4) is 5.69 Å². The molecule has 0 saturated heterocycles. The zero-order valence-electron chi connectivity index (χ0n) is 13.7. The molecule has 1 aromatic carbocycles. The van der Waals surface area contributed by atoms with Gasteiger partial charge in [-0.2, -0.15) is 0 Å². The van der Waals surface area contributed by atoms with Gasteiger partial charge in [-0.25, -0.2) is 4.98 Å². The highest BCUT2D eigenvalue weighted by Crippen LogP contribution is 2.25. The summed E-state index contributed by atoms with van der Waals surface area (Å²) in [5.41, 5.74) is 3.21. The van der Waals surface area contributed by atoms with Crippen LogP contribution in [0.4, 0.5) is 0 Å². The van der Waals surface area contributed by atoms with Crippen LogP contribution in [-0.4, -0.2) is 27.3 Å². The highest BCUT2D eigenvalue weighted by molar-refractivity contribution is 7.99. The van der Waals surface area contributed by atoms with Gasteiger partial charge in [0, 0.05) is 17.4 Å². The van der Waals surface area contributed by atoms with Gasteiger partial charge in [-0.05, 0) is 38.8 Å². The molecular weight excluding hydrogens is 306 g/mol. The van der Waals surface area contributed by atoms with E-state index >= 15 is 0 Å². The van der Waals surface area contributed by atoms with Crippen molar-refractivity contribution >= 4 is 17.7 Å². The average Bonchev–Trinajstić information content (AvgIpc) is 3.15. The minimum atomic E-state index is 0.111. The first-order chi connectivity index (χ1) is 11.1. The normalized spacial score (nSPS) is 15.0. The molecule has 2 aromatic rings. The van der Waals surface area contributed by atoms with E-state index in [2.05, 4.69) is 33.9 Å². The molecule has 0 radical (unpaired) electrons. The fourth-order valence-corrected chi connectivity index (χ4v) is 3.94. The maximum absolute atomic E-state index is 12.1. The van der Waals surface area contributed by atoms with Crippen LogP contribution < -0.4 is 5.32 Å². The van der Waals surface area contributed by atoms with Crippen molar-refractivity contribution in [1.29, 1.82) is 0 Å². The van der Waals surface area contributed by atoms with E-state index in [-0.39, 0.29) is 5.91 Å². The number of para-hydroxylation sites is 1. The van der Waals surface area contributed by atoms with Crippen molar-refractivity contribution in [3.05, 3.63) is 41.7 Å². The van der Waals surface area contributed by atoms with Crippen LogP contribution in [0.2, 0.25) is 0 Å². The second-order valence-electron chi connectivity index (χ2n) is 6.07. The van der Waals surface area contributed by atoms with Crippen LogP contribution in [0.15, 0.2) is 35.5 Å². The first kappa shape index (κ1) is 16.1. The number of amides is 1. The Balaban J connectivity index is 1.70. The third-order valence-electron chi connectivity index (χ3n) is 4.38. The van der Waals surface area contributed by atoms with Gasteiger partial charge in [0.1, 0.15) is 0 Å². The lowest BCUT2D eigenvalue weighted by Crippen LogP contribution is -2.33. The minimum Gasteiger partial charge on any atom is -0.353 e. The van der Waals surface area contributed by atoms with Crippen LogP contribution in [0, 0.1) is 13.8 Å². The van der Waals surface area contributed by atoms with Gasteiger partial charge in [0.05, 0.1) is 11.4 Å². The molecule has 1 aromatic heterocycles. The standard InChI is InChI=1S/C18H23N3OS/c1-13-14(2)21(16-10-4-3-5-11-16)18(19-13)23-12-17(22)20-15-8-6-7-9-15/h3-5,10-11,15H,6-9,12H2,1-2H3,(H,20,22). The Bertz CT molecular complexity index is 675. The lowest BCUT2D eigenvalue weighted by molar-refractivity contribution is -0.119. The van der Waals surface area contributed by atoms with E-state index in [9.17, 15) is 4.79 Å². The number of aromatic nitrogens is 2. The van der Waals surface area contributed by atoms with Crippen LogP contribution in [0.3, 0.4) is 0 Å². The van der Waals surface area contributed by atoms with E-state index in [1.165, 1.54) is 24.6 Å². The van der Waals surface area contributed by atoms with Gasteiger partial charge >= 0.3 is 0 Å². The molecule has 0 unspecified atom stereocenters. The Morgan fingerprint density at radius 1 is 1.26 bits per heavy atom. The summed E-state index contributed by atoms with van der Waals surface area (Å²) in [4.78, 5) is 16.8. The first-order valence-corrected chi connectivity index (χ1v) is 9.17. The van der Waals surface area contributed by atoms with Crippen LogP contribution in [0.25, 0.3) is 5.69 Å². The minimum absolute atomic E-state index is 0.111. The molecule has 1 N–H and O–H groups in total. The number of nitrogens with one attached hydrogen (secondary N) is 1. The van der Waals surface area contributed by atoms with Gasteiger partial charge in [-0.3, -0.25) is 9.36 Å². The molecule has 1 fully saturated rings. The Kier molecular flexibility index (Phi) is 5.06. The molecule has 0 bridgehead atoms. The van der Waals surface area contributed by atoms with Crippen molar-refractivity contribution in [2.75, 3.05) is 5.75 Å². The number of carbonyl (C=O) groups excluding carboxylic acids is 1. The van der Waals surface area contributed by atoms with Gasteiger partial charge in [-0.1, -0.05) is 42.8 Å². The number of hydrogen-bond acceptors (Lipinski definition) is 3. The summed E-state index contributed by atoms with van der Waals surface area (Å²) in [6, 6.07) is 10.6. The van der Waals surface area contributed by atoms with Gasteiger partial charge < -0.3 is 5.32 Å². The van der Waals surface area contributed by atoms with E-state index in [0.29, 0.717) is 11.8 Å². The Hall–Kier alpha value is -1.75. The lowest BCUT2D eigenvalue weighted by Gasteiger charge is -2.12. The molecule has 1 saturated carbocycles. The Morgan fingerprint density at radius 3 is 2.65 bits per heavy atom. The number of rotatable bonds is 5. The van der Waals surface area contributed by atoms with Gasteiger partial charge in [0.25, 0.3) is 0 Å². The summed E-state index contributed by atoms with van der Waals surface area (Å²) in [7, 11) is 0. The van der Waals surface area contributed by atoms with E-state index in [0.717, 1.165) is 35.1 Å². The molecule has 0 aliphatic heterocycles. The molecule has 1 aliphatic carbocycles. The molecule has 1 aliphatic rings. The summed E-state index contributed by atoms with van der Waals surface area (Å²) in [5, 5.41) is 4.02. The second-order valence-corrected chi connectivity index (χ2v) is 7.02. The molecule has 23 heavy (non-hydrogen) atoms. The van der Waals surface area contributed by atoms with Gasteiger partial charge in [0.2, 0.25) is 5.91 Å². The fourth-order valence-electron chi connectivity index (χ4n) is 3.03. The molecule has 1 amide bonds. The SMILES string of the molecule is Cc1nc(SCC(=O)NC2CCCC2)n(-c2ccccc2)c1C. The summed E-state index contributed by atoms with van der Waals surface area (Å²) in [5.74, 6) is 0.527. The molecule has 122 valence electrons. The molecule has 1 heterocycles. The third-order valence-corrected chi connectivity index (χ3v) is 5.32. The predicted octanol–water partition coefficient (Wildman–Crippen LogP) is 3.64. The van der Waals surface area contributed by atoms with Crippen LogP contribution in [0.5, 0.6) is 0 Å². The topological polar surface area (TPSA) is 46.9 Å². The average molecular weight is 329 g/mol. The summed E-state index contributed by atoms with van der Waals surface area (Å²) in [6.07, 6.45) is 4.70. The Morgan fingerprint density at radius 2 is 1.96 bits per heavy atom. The number of aryl methyl sites for hydroxylation is 1. The summed E-state index contributed by atoms with van der Waals surface area (Å²) in [6.45, 7) is 4.08. The fraction of sp³-hybridized carbons (Fsp3) is 0.444. The van der Waals surface area contributed by atoms with Crippen molar-refractivity contribution in [2.24, 2.45) is 0 Å². The zero-order chi connectivity index (χ0) is 16.2. The predicted molar refractivity (Wildman–Crippen MR) is 94.2 cm³/mol. The van der Waals surface area contributed by atoms with Crippen molar-refractivity contribution in [1.82, 2.24) is 14.9 Å². The lowest BCUT2D eigenvalue weighted by atomic mass is 10.2. The molecule has 0 atom stereocenters. The van der Waals surface area contributed by atoms with E-state index in [4.69, 9.17) is 0 Å². The molecule has 4 nitrogen and oxygen atoms in total.